The van der Waals surface area contributed by atoms with Crippen LogP contribution in [-0.2, 0) is 11.2 Å². The molecular weight excluding hydrogens is 384 g/mol. The zero-order valence-electron chi connectivity index (χ0n) is 17.2. The second-order valence-corrected chi connectivity index (χ2v) is 7.92. The highest BCUT2D eigenvalue weighted by Gasteiger charge is 2.35. The second kappa shape index (κ2) is 9.12. The average Bonchev–Trinajstić information content (AvgIpc) is 3.33. The molecule has 160 valence electrons. The predicted molar refractivity (Wildman–Crippen MR) is 113 cm³/mol. The SMILES string of the molecule is CCCCCCc1ccc(-c2cc3cn([C@H]4C[C@H](O)[C@@H](CO)O4)c(=O)nc3o2)cc1. The van der Waals surface area contributed by atoms with Crippen molar-refractivity contribution in [3.63, 3.8) is 0 Å². The molecule has 1 aliphatic rings. The van der Waals surface area contributed by atoms with Crippen molar-refractivity contribution in [2.75, 3.05) is 6.61 Å². The van der Waals surface area contributed by atoms with Crippen molar-refractivity contribution < 1.29 is 19.4 Å². The van der Waals surface area contributed by atoms with Gasteiger partial charge in [-0.15, -0.1) is 0 Å². The molecule has 2 aromatic heterocycles. The average molecular weight is 412 g/mol. The van der Waals surface area contributed by atoms with Gasteiger partial charge in [0.05, 0.1) is 18.1 Å². The van der Waals surface area contributed by atoms with Crippen LogP contribution in [0, 0.1) is 0 Å². The van der Waals surface area contributed by atoms with Crippen molar-refractivity contribution in [2.45, 2.75) is 63.9 Å². The Morgan fingerprint density at radius 1 is 1.20 bits per heavy atom. The Balaban J connectivity index is 1.53. The molecule has 3 atom stereocenters. The van der Waals surface area contributed by atoms with Crippen LogP contribution in [0.4, 0.5) is 0 Å². The number of unbranched alkanes of at least 4 members (excludes halogenated alkanes) is 3. The molecule has 0 amide bonds. The lowest BCUT2D eigenvalue weighted by Gasteiger charge is -2.13. The first-order valence-corrected chi connectivity index (χ1v) is 10.7. The maximum absolute atomic E-state index is 12.4. The smallest absolute Gasteiger partial charge is 0.353 e. The molecule has 1 aliphatic heterocycles. The van der Waals surface area contributed by atoms with Gasteiger partial charge in [-0.25, -0.2) is 4.79 Å². The van der Waals surface area contributed by atoms with Gasteiger partial charge in [0, 0.05) is 18.2 Å². The number of aliphatic hydroxyl groups is 2. The molecule has 0 unspecified atom stereocenters. The van der Waals surface area contributed by atoms with Crippen molar-refractivity contribution in [3.05, 3.63) is 52.6 Å². The number of aromatic nitrogens is 2. The van der Waals surface area contributed by atoms with E-state index in [2.05, 4.69) is 24.0 Å². The number of benzene rings is 1. The van der Waals surface area contributed by atoms with Crippen LogP contribution in [-0.4, -0.2) is 38.6 Å². The molecule has 1 saturated heterocycles. The molecule has 1 fully saturated rings. The molecule has 7 heteroatoms. The van der Waals surface area contributed by atoms with Gasteiger partial charge in [0.25, 0.3) is 0 Å². The highest BCUT2D eigenvalue weighted by Crippen LogP contribution is 2.30. The van der Waals surface area contributed by atoms with Crippen molar-refractivity contribution in [2.24, 2.45) is 0 Å². The van der Waals surface area contributed by atoms with Crippen LogP contribution in [0.1, 0.15) is 50.8 Å². The molecule has 3 aromatic rings. The fraction of sp³-hybridized carbons (Fsp3) is 0.478. The van der Waals surface area contributed by atoms with Crippen LogP contribution < -0.4 is 5.69 Å². The Bertz CT molecular complexity index is 1040. The van der Waals surface area contributed by atoms with E-state index < -0.39 is 24.1 Å². The van der Waals surface area contributed by atoms with Gasteiger partial charge < -0.3 is 19.4 Å². The van der Waals surface area contributed by atoms with E-state index in [1.54, 1.807) is 6.20 Å². The molecule has 0 saturated carbocycles. The van der Waals surface area contributed by atoms with Crippen molar-refractivity contribution in [3.8, 4) is 11.3 Å². The number of furan rings is 1. The van der Waals surface area contributed by atoms with E-state index in [1.807, 2.05) is 18.2 Å². The van der Waals surface area contributed by atoms with Gasteiger partial charge in [0.15, 0.2) is 0 Å². The number of hydrogen-bond acceptors (Lipinski definition) is 6. The monoisotopic (exact) mass is 412 g/mol. The second-order valence-electron chi connectivity index (χ2n) is 7.92. The lowest BCUT2D eigenvalue weighted by molar-refractivity contribution is -0.0457. The number of rotatable bonds is 8. The van der Waals surface area contributed by atoms with E-state index in [4.69, 9.17) is 9.15 Å². The minimum absolute atomic E-state index is 0.225. The molecule has 3 heterocycles. The third-order valence-electron chi connectivity index (χ3n) is 5.69. The Morgan fingerprint density at radius 3 is 2.70 bits per heavy atom. The van der Waals surface area contributed by atoms with Gasteiger partial charge in [-0.05, 0) is 24.5 Å². The summed E-state index contributed by atoms with van der Waals surface area (Å²) in [4.78, 5) is 16.5. The third-order valence-corrected chi connectivity index (χ3v) is 5.69. The zero-order chi connectivity index (χ0) is 21.1. The van der Waals surface area contributed by atoms with Gasteiger partial charge in [-0.3, -0.25) is 4.57 Å². The van der Waals surface area contributed by atoms with E-state index in [0.29, 0.717) is 11.1 Å². The largest absolute Gasteiger partial charge is 0.437 e. The summed E-state index contributed by atoms with van der Waals surface area (Å²) in [6.07, 6.45) is 5.72. The topological polar surface area (TPSA) is 97.7 Å². The first kappa shape index (κ1) is 20.8. The Kier molecular flexibility index (Phi) is 6.32. The normalized spacial score (nSPS) is 21.5. The molecule has 0 aliphatic carbocycles. The third kappa shape index (κ3) is 4.33. The maximum atomic E-state index is 12.4. The summed E-state index contributed by atoms with van der Waals surface area (Å²) in [6.45, 7) is 1.91. The molecule has 4 rings (SSSR count). The fourth-order valence-electron chi connectivity index (χ4n) is 3.92. The number of nitrogens with zero attached hydrogens (tertiary/aromatic N) is 2. The van der Waals surface area contributed by atoms with Crippen molar-refractivity contribution in [1.29, 1.82) is 0 Å². The Morgan fingerprint density at radius 2 is 2.00 bits per heavy atom. The summed E-state index contributed by atoms with van der Waals surface area (Å²) in [6, 6.07) is 10.1. The van der Waals surface area contributed by atoms with E-state index in [1.165, 1.54) is 35.8 Å². The first-order valence-electron chi connectivity index (χ1n) is 10.7. The highest BCUT2D eigenvalue weighted by molar-refractivity contribution is 5.79. The summed E-state index contributed by atoms with van der Waals surface area (Å²) in [5.74, 6) is 0.646. The molecular formula is C23H28N2O5. The Labute approximate surface area is 174 Å². The number of aliphatic hydroxyl groups excluding tert-OH is 2. The molecule has 0 radical (unpaired) electrons. The van der Waals surface area contributed by atoms with E-state index in [-0.39, 0.29) is 18.7 Å². The van der Waals surface area contributed by atoms with Crippen LogP contribution in [0.3, 0.4) is 0 Å². The minimum atomic E-state index is -0.817. The fourth-order valence-corrected chi connectivity index (χ4v) is 3.92. The standard InChI is InChI=1S/C23H28N2O5/c1-2-3-4-5-6-15-7-9-16(10-8-15)19-11-17-13-25(23(28)24-22(17)30-19)21-12-18(27)20(14-26)29-21/h7-11,13,18,20-21,26-27H,2-6,12,14H2,1H3/t18-,20+,21+/m0/s1. The maximum Gasteiger partial charge on any atom is 0.353 e. The van der Waals surface area contributed by atoms with Crippen LogP contribution >= 0.6 is 0 Å². The summed E-state index contributed by atoms with van der Waals surface area (Å²) in [7, 11) is 0. The Hall–Kier alpha value is -2.48. The van der Waals surface area contributed by atoms with Gasteiger partial charge in [0.1, 0.15) is 18.1 Å². The molecule has 7 nitrogen and oxygen atoms in total. The van der Waals surface area contributed by atoms with Crippen LogP contribution in [0.2, 0.25) is 0 Å². The molecule has 2 N–H and O–H groups in total. The van der Waals surface area contributed by atoms with Gasteiger partial charge in [-0.2, -0.15) is 4.98 Å². The van der Waals surface area contributed by atoms with Crippen LogP contribution in [0.25, 0.3) is 22.4 Å². The summed E-state index contributed by atoms with van der Waals surface area (Å²) in [5.41, 5.74) is 1.99. The van der Waals surface area contributed by atoms with Crippen molar-refractivity contribution in [1.82, 2.24) is 9.55 Å². The van der Waals surface area contributed by atoms with Crippen molar-refractivity contribution >= 4 is 11.1 Å². The number of fused-ring (bicyclic) bond motifs is 1. The lowest BCUT2D eigenvalue weighted by Crippen LogP contribution is -2.27. The first-order chi connectivity index (χ1) is 14.6. The van der Waals surface area contributed by atoms with E-state index in [0.717, 1.165) is 12.0 Å². The minimum Gasteiger partial charge on any atom is -0.437 e. The van der Waals surface area contributed by atoms with Gasteiger partial charge in [0.2, 0.25) is 5.71 Å². The molecule has 0 bridgehead atoms. The summed E-state index contributed by atoms with van der Waals surface area (Å²) >= 11 is 0. The van der Waals surface area contributed by atoms with Crippen LogP contribution in [0.5, 0.6) is 0 Å². The van der Waals surface area contributed by atoms with E-state index in [9.17, 15) is 15.0 Å². The van der Waals surface area contributed by atoms with E-state index >= 15 is 0 Å². The summed E-state index contributed by atoms with van der Waals surface area (Å²) in [5, 5.41) is 19.9. The molecule has 0 spiro atoms. The highest BCUT2D eigenvalue weighted by atomic mass is 16.5. The zero-order valence-corrected chi connectivity index (χ0v) is 17.2. The number of aryl methyl sites for hydroxylation is 1. The molecule has 30 heavy (non-hydrogen) atoms. The summed E-state index contributed by atoms with van der Waals surface area (Å²) < 4.78 is 12.7. The predicted octanol–water partition coefficient (Wildman–Crippen LogP) is 3.42. The van der Waals surface area contributed by atoms with Gasteiger partial charge in [-0.1, -0.05) is 50.5 Å². The van der Waals surface area contributed by atoms with Gasteiger partial charge >= 0.3 is 5.69 Å². The van der Waals surface area contributed by atoms with Crippen LogP contribution in [0.15, 0.2) is 45.7 Å². The lowest BCUT2D eigenvalue weighted by atomic mass is 10.0. The quantitative estimate of drug-likeness (QED) is 0.550. The molecule has 1 aromatic carbocycles. The number of ether oxygens (including phenoxy) is 1. The number of hydrogen-bond donors (Lipinski definition) is 2.